The monoisotopic (exact) mass is 536 g/mol. The van der Waals surface area contributed by atoms with Crippen molar-refractivity contribution < 1.29 is 9.53 Å². The van der Waals surface area contributed by atoms with Gasteiger partial charge in [0.1, 0.15) is 18.1 Å². The molecule has 3 aromatic rings. The van der Waals surface area contributed by atoms with E-state index in [4.69, 9.17) is 9.72 Å². The van der Waals surface area contributed by atoms with Crippen molar-refractivity contribution in [1.29, 1.82) is 5.26 Å². The Balaban J connectivity index is 1.48. The van der Waals surface area contributed by atoms with Crippen LogP contribution < -0.4 is 9.80 Å². The molecule has 1 amide bonds. The first-order chi connectivity index (χ1) is 19.5. The summed E-state index contributed by atoms with van der Waals surface area (Å²) in [5.41, 5.74) is 3.98. The van der Waals surface area contributed by atoms with E-state index in [9.17, 15) is 10.1 Å². The fourth-order valence-electron chi connectivity index (χ4n) is 6.73. The van der Waals surface area contributed by atoms with E-state index in [0.29, 0.717) is 31.7 Å². The van der Waals surface area contributed by atoms with Gasteiger partial charge in [-0.1, -0.05) is 43.0 Å². The van der Waals surface area contributed by atoms with E-state index < -0.39 is 0 Å². The molecule has 0 bridgehead atoms. The van der Waals surface area contributed by atoms with Crippen molar-refractivity contribution in [1.82, 2.24) is 14.8 Å². The number of morpholine rings is 1. The number of carbonyl (C=O) groups excluding carboxylic acids is 1. The second-order valence-corrected chi connectivity index (χ2v) is 11.0. The standard InChI is InChI=1S/C32H36N6O2/c1-4-29(39)35-14-16-36(17-15-35)32-30-25(18-33)19-34-31(37-20-22(2)40-23(3)21-37)27(30)12-13-38(32)28-11-7-9-24-8-5-6-10-26(24)28/h4-11,19,22-23,32H,1,12-17,20-21H2,2-3H3. The molecule has 3 atom stereocenters. The minimum absolute atomic E-state index is 0.0330. The summed E-state index contributed by atoms with van der Waals surface area (Å²) >= 11 is 0. The second-order valence-electron chi connectivity index (χ2n) is 11.0. The minimum atomic E-state index is -0.150. The number of pyridine rings is 1. The lowest BCUT2D eigenvalue weighted by atomic mass is 9.91. The molecule has 40 heavy (non-hydrogen) atoms. The van der Waals surface area contributed by atoms with E-state index in [1.54, 1.807) is 6.20 Å². The molecule has 206 valence electrons. The van der Waals surface area contributed by atoms with E-state index >= 15 is 0 Å². The van der Waals surface area contributed by atoms with Crippen LogP contribution in [-0.4, -0.2) is 78.7 Å². The van der Waals surface area contributed by atoms with E-state index in [0.717, 1.165) is 48.7 Å². The predicted molar refractivity (Wildman–Crippen MR) is 157 cm³/mol. The van der Waals surface area contributed by atoms with Gasteiger partial charge < -0.3 is 19.4 Å². The highest BCUT2D eigenvalue weighted by molar-refractivity contribution is 5.94. The third-order valence-corrected chi connectivity index (χ3v) is 8.42. The summed E-state index contributed by atoms with van der Waals surface area (Å²) in [6, 6.07) is 17.4. The Morgan fingerprint density at radius 2 is 1.77 bits per heavy atom. The highest BCUT2D eigenvalue weighted by atomic mass is 16.5. The smallest absolute Gasteiger partial charge is 0.246 e. The van der Waals surface area contributed by atoms with E-state index in [1.807, 2.05) is 4.90 Å². The van der Waals surface area contributed by atoms with Crippen molar-refractivity contribution in [2.45, 2.75) is 38.6 Å². The summed E-state index contributed by atoms with van der Waals surface area (Å²) in [6.07, 6.45) is 4.02. The number of anilines is 2. The second kappa shape index (κ2) is 10.9. The van der Waals surface area contributed by atoms with Crippen LogP contribution in [-0.2, 0) is 16.0 Å². The van der Waals surface area contributed by atoms with Crippen molar-refractivity contribution in [2.75, 3.05) is 55.6 Å². The van der Waals surface area contributed by atoms with Gasteiger partial charge in [0, 0.05) is 74.2 Å². The Hall–Kier alpha value is -3.93. The van der Waals surface area contributed by atoms with E-state index in [-0.39, 0.29) is 24.3 Å². The lowest BCUT2D eigenvalue weighted by Crippen LogP contribution is -2.55. The maximum Gasteiger partial charge on any atom is 0.246 e. The largest absolute Gasteiger partial charge is 0.372 e. The molecule has 6 rings (SSSR count). The molecule has 2 fully saturated rings. The van der Waals surface area contributed by atoms with Gasteiger partial charge in [-0.05, 0) is 37.8 Å². The molecule has 1 aromatic heterocycles. The fourth-order valence-corrected chi connectivity index (χ4v) is 6.73. The number of piperazine rings is 1. The van der Waals surface area contributed by atoms with Crippen LogP contribution in [0.15, 0.2) is 61.3 Å². The van der Waals surface area contributed by atoms with Crippen LogP contribution in [0.2, 0.25) is 0 Å². The van der Waals surface area contributed by atoms with Gasteiger partial charge in [-0.2, -0.15) is 5.26 Å². The zero-order valence-corrected chi connectivity index (χ0v) is 23.3. The van der Waals surface area contributed by atoms with Crippen molar-refractivity contribution in [3.05, 3.63) is 78.0 Å². The number of benzene rings is 2. The van der Waals surface area contributed by atoms with Crippen molar-refractivity contribution in [3.8, 4) is 6.07 Å². The summed E-state index contributed by atoms with van der Waals surface area (Å²) in [5.74, 6) is 0.938. The van der Waals surface area contributed by atoms with Gasteiger partial charge in [0.15, 0.2) is 0 Å². The molecule has 0 N–H and O–H groups in total. The SMILES string of the molecule is C=CC(=O)N1CCN(C2c3c(C#N)cnc(N4CC(C)OC(C)C4)c3CCN2c2cccc3ccccc23)CC1. The number of nitrogens with zero attached hydrogens (tertiary/aromatic N) is 6. The van der Waals surface area contributed by atoms with Crippen molar-refractivity contribution >= 4 is 28.2 Å². The van der Waals surface area contributed by atoms with Crippen LogP contribution >= 0.6 is 0 Å². The maximum atomic E-state index is 12.4. The number of hydrogen-bond acceptors (Lipinski definition) is 7. The molecule has 3 aliphatic rings. The molecule has 2 saturated heterocycles. The molecule has 0 spiro atoms. The minimum Gasteiger partial charge on any atom is -0.372 e. The van der Waals surface area contributed by atoms with Crippen molar-refractivity contribution in [3.63, 3.8) is 0 Å². The Labute approximate surface area is 236 Å². The molecule has 8 heteroatoms. The van der Waals surface area contributed by atoms with Crippen molar-refractivity contribution in [2.24, 2.45) is 0 Å². The van der Waals surface area contributed by atoms with Crippen LogP contribution in [0.3, 0.4) is 0 Å². The lowest BCUT2D eigenvalue weighted by molar-refractivity contribution is -0.128. The third kappa shape index (κ3) is 4.70. The molecular weight excluding hydrogens is 500 g/mol. The molecule has 8 nitrogen and oxygen atoms in total. The zero-order chi connectivity index (χ0) is 27.8. The van der Waals surface area contributed by atoms with Crippen LogP contribution in [0.4, 0.5) is 11.5 Å². The summed E-state index contributed by atoms with van der Waals surface area (Å²) in [7, 11) is 0. The molecule has 2 aromatic carbocycles. The van der Waals surface area contributed by atoms with E-state index in [2.05, 4.69) is 83.7 Å². The lowest BCUT2D eigenvalue weighted by Gasteiger charge is -2.48. The molecular formula is C32H36N6O2. The van der Waals surface area contributed by atoms with Gasteiger partial charge >= 0.3 is 0 Å². The van der Waals surface area contributed by atoms with Gasteiger partial charge in [0.25, 0.3) is 0 Å². The normalized spacial score (nSPS) is 23.5. The summed E-state index contributed by atoms with van der Waals surface area (Å²) in [6.45, 7) is 12.9. The third-order valence-electron chi connectivity index (χ3n) is 8.42. The first-order valence-electron chi connectivity index (χ1n) is 14.2. The fraction of sp³-hybridized carbons (Fsp3) is 0.406. The number of aromatic nitrogens is 1. The first-order valence-corrected chi connectivity index (χ1v) is 14.2. The molecule has 3 aliphatic heterocycles. The average molecular weight is 537 g/mol. The Bertz CT molecular complexity index is 1460. The molecule has 3 unspecified atom stereocenters. The van der Waals surface area contributed by atoms with Gasteiger partial charge in [-0.25, -0.2) is 4.98 Å². The van der Waals surface area contributed by atoms with Gasteiger partial charge in [-0.15, -0.1) is 0 Å². The highest BCUT2D eigenvalue weighted by Crippen LogP contribution is 2.43. The summed E-state index contributed by atoms with van der Waals surface area (Å²) in [5, 5.41) is 12.7. The number of rotatable bonds is 4. The first kappa shape index (κ1) is 26.3. The number of carbonyl (C=O) groups is 1. The van der Waals surface area contributed by atoms with Crippen LogP contribution in [0, 0.1) is 11.3 Å². The average Bonchev–Trinajstić information content (AvgIpc) is 2.98. The number of fused-ring (bicyclic) bond motifs is 2. The maximum absolute atomic E-state index is 12.4. The Morgan fingerprint density at radius 1 is 1.05 bits per heavy atom. The predicted octanol–water partition coefficient (Wildman–Crippen LogP) is 4.11. The van der Waals surface area contributed by atoms with Crippen LogP contribution in [0.1, 0.15) is 36.7 Å². The summed E-state index contributed by atoms with van der Waals surface area (Å²) < 4.78 is 6.02. The molecule has 0 radical (unpaired) electrons. The van der Waals surface area contributed by atoms with Gasteiger partial charge in [0.05, 0.1) is 17.8 Å². The topological polar surface area (TPSA) is 75.9 Å². The van der Waals surface area contributed by atoms with Crippen LogP contribution in [0.5, 0.6) is 0 Å². The number of amides is 1. The van der Waals surface area contributed by atoms with Gasteiger partial charge in [0.2, 0.25) is 5.91 Å². The Kier molecular flexibility index (Phi) is 7.18. The van der Waals surface area contributed by atoms with Crippen LogP contribution in [0.25, 0.3) is 10.8 Å². The molecule has 0 aliphatic carbocycles. The number of ether oxygens (including phenoxy) is 1. The Morgan fingerprint density at radius 3 is 2.50 bits per heavy atom. The van der Waals surface area contributed by atoms with Gasteiger partial charge in [-0.3, -0.25) is 9.69 Å². The summed E-state index contributed by atoms with van der Waals surface area (Å²) in [4.78, 5) is 26.3. The quantitative estimate of drug-likeness (QED) is 0.465. The van der Waals surface area contributed by atoms with E-state index in [1.165, 1.54) is 16.8 Å². The number of hydrogen-bond donors (Lipinski definition) is 0. The zero-order valence-electron chi connectivity index (χ0n) is 23.3. The highest BCUT2D eigenvalue weighted by Gasteiger charge is 2.39. The molecule has 0 saturated carbocycles. The molecule has 4 heterocycles. The number of nitriles is 1.